The second kappa shape index (κ2) is 5.37. The number of carbonyl (C=O) groups is 3. The molecule has 2 N–H and O–H groups in total. The van der Waals surface area contributed by atoms with Gasteiger partial charge < -0.3 is 24.6 Å². The van der Waals surface area contributed by atoms with Crippen LogP contribution in [0.5, 0.6) is 0 Å². The second-order valence-electron chi connectivity index (χ2n) is 5.13. The van der Waals surface area contributed by atoms with Gasteiger partial charge in [0.15, 0.2) is 5.79 Å². The van der Waals surface area contributed by atoms with Crippen molar-refractivity contribution >= 4 is 17.8 Å². The molecule has 0 radical (unpaired) electrons. The summed E-state index contributed by atoms with van der Waals surface area (Å²) in [5.41, 5.74) is 0. The highest BCUT2D eigenvalue weighted by Gasteiger charge is 2.53. The van der Waals surface area contributed by atoms with E-state index in [0.717, 1.165) is 4.90 Å². The average molecular weight is 287 g/mol. The molecule has 2 fully saturated rings. The molecule has 2 rings (SSSR count). The van der Waals surface area contributed by atoms with Gasteiger partial charge in [0.25, 0.3) is 0 Å². The number of amides is 1. The molecule has 0 saturated carbocycles. The van der Waals surface area contributed by atoms with Crippen LogP contribution in [0.4, 0.5) is 0 Å². The summed E-state index contributed by atoms with van der Waals surface area (Å²) in [5.74, 6) is -4.58. The number of ether oxygens (including phenoxy) is 2. The zero-order valence-corrected chi connectivity index (χ0v) is 11.1. The van der Waals surface area contributed by atoms with Crippen LogP contribution in [-0.2, 0) is 23.9 Å². The number of carboxylic acid groups (broad SMARTS) is 2. The highest BCUT2D eigenvalue weighted by Crippen LogP contribution is 2.35. The van der Waals surface area contributed by atoms with Gasteiger partial charge in [-0.2, -0.15) is 0 Å². The van der Waals surface area contributed by atoms with E-state index in [-0.39, 0.29) is 19.4 Å². The number of rotatable bonds is 4. The fraction of sp³-hybridized carbons (Fsp3) is 0.750. The first-order valence-electron chi connectivity index (χ1n) is 6.38. The molecule has 0 bridgehead atoms. The monoisotopic (exact) mass is 287 g/mol. The summed E-state index contributed by atoms with van der Waals surface area (Å²) < 4.78 is 10.9. The lowest BCUT2D eigenvalue weighted by Gasteiger charge is -2.25. The Kier molecular flexibility index (Phi) is 3.96. The molecule has 1 spiro atoms. The summed E-state index contributed by atoms with van der Waals surface area (Å²) in [6.45, 7) is 2.21. The SMILES string of the molecule is C[C@@H](CC(=O)O)C(=O)N1CC2(C[C@H]1C(=O)O)OCCO2. The van der Waals surface area contributed by atoms with Gasteiger partial charge in [-0.15, -0.1) is 0 Å². The van der Waals surface area contributed by atoms with Crippen LogP contribution in [0.2, 0.25) is 0 Å². The Balaban J connectivity index is 2.13. The second-order valence-corrected chi connectivity index (χ2v) is 5.13. The van der Waals surface area contributed by atoms with Crippen molar-refractivity contribution in [1.82, 2.24) is 4.90 Å². The number of nitrogens with zero attached hydrogens (tertiary/aromatic N) is 1. The Morgan fingerprint density at radius 2 is 1.90 bits per heavy atom. The van der Waals surface area contributed by atoms with E-state index < -0.39 is 35.6 Å². The summed E-state index contributed by atoms with van der Waals surface area (Å²) in [6, 6.07) is -1.04. The average Bonchev–Trinajstić information content (AvgIpc) is 2.96. The van der Waals surface area contributed by atoms with Gasteiger partial charge in [-0.1, -0.05) is 6.92 Å². The minimum atomic E-state index is -1.14. The minimum Gasteiger partial charge on any atom is -0.481 e. The van der Waals surface area contributed by atoms with E-state index in [4.69, 9.17) is 14.6 Å². The van der Waals surface area contributed by atoms with Crippen molar-refractivity contribution in [3.05, 3.63) is 0 Å². The Bertz CT molecular complexity index is 430. The number of carbonyl (C=O) groups excluding carboxylic acids is 1. The maximum atomic E-state index is 12.2. The largest absolute Gasteiger partial charge is 0.481 e. The van der Waals surface area contributed by atoms with Gasteiger partial charge in [-0.3, -0.25) is 9.59 Å². The number of carboxylic acids is 2. The molecule has 20 heavy (non-hydrogen) atoms. The summed E-state index contributed by atoms with van der Waals surface area (Å²) in [5, 5.41) is 17.9. The molecule has 2 heterocycles. The van der Waals surface area contributed by atoms with Gasteiger partial charge in [-0.05, 0) is 0 Å². The normalized spacial score (nSPS) is 25.9. The highest BCUT2D eigenvalue weighted by molar-refractivity contribution is 5.87. The Morgan fingerprint density at radius 3 is 2.40 bits per heavy atom. The fourth-order valence-corrected chi connectivity index (χ4v) is 2.63. The lowest BCUT2D eigenvalue weighted by Crippen LogP contribution is -2.44. The van der Waals surface area contributed by atoms with Crippen LogP contribution >= 0.6 is 0 Å². The van der Waals surface area contributed by atoms with Gasteiger partial charge in [0.2, 0.25) is 5.91 Å². The molecule has 0 aromatic carbocycles. The van der Waals surface area contributed by atoms with Crippen LogP contribution in [0.15, 0.2) is 0 Å². The zero-order valence-electron chi connectivity index (χ0n) is 11.1. The third-order valence-corrected chi connectivity index (χ3v) is 3.58. The van der Waals surface area contributed by atoms with E-state index in [1.807, 2.05) is 0 Å². The Hall–Kier alpha value is -1.67. The maximum Gasteiger partial charge on any atom is 0.326 e. The molecular weight excluding hydrogens is 270 g/mol. The van der Waals surface area contributed by atoms with Gasteiger partial charge in [0, 0.05) is 12.3 Å². The van der Waals surface area contributed by atoms with Gasteiger partial charge in [-0.25, -0.2) is 4.79 Å². The lowest BCUT2D eigenvalue weighted by molar-refractivity contribution is -0.155. The number of likely N-dealkylation sites (tertiary alicyclic amines) is 1. The van der Waals surface area contributed by atoms with Crippen molar-refractivity contribution in [2.75, 3.05) is 19.8 Å². The molecule has 8 nitrogen and oxygen atoms in total. The van der Waals surface area contributed by atoms with Gasteiger partial charge in [0.1, 0.15) is 6.04 Å². The predicted molar refractivity (Wildman–Crippen MR) is 63.8 cm³/mol. The maximum absolute atomic E-state index is 12.2. The standard InChI is InChI=1S/C12H17NO7/c1-7(4-9(14)15)10(16)13-6-12(19-2-3-20-12)5-8(13)11(17)18/h7-8H,2-6H2,1H3,(H,14,15)(H,17,18)/t7-,8-/m0/s1. The van der Waals surface area contributed by atoms with Gasteiger partial charge in [0.05, 0.1) is 26.2 Å². The van der Waals surface area contributed by atoms with Crippen LogP contribution in [0.3, 0.4) is 0 Å². The molecular formula is C12H17NO7. The van der Waals surface area contributed by atoms with Crippen LogP contribution in [-0.4, -0.2) is 64.5 Å². The third kappa shape index (κ3) is 2.75. The van der Waals surface area contributed by atoms with Crippen molar-refractivity contribution in [2.24, 2.45) is 5.92 Å². The zero-order chi connectivity index (χ0) is 14.9. The van der Waals surface area contributed by atoms with E-state index >= 15 is 0 Å². The lowest BCUT2D eigenvalue weighted by atomic mass is 10.1. The van der Waals surface area contributed by atoms with Crippen LogP contribution in [0, 0.1) is 5.92 Å². The first-order valence-corrected chi connectivity index (χ1v) is 6.38. The smallest absolute Gasteiger partial charge is 0.326 e. The molecule has 2 aliphatic rings. The van der Waals surface area contributed by atoms with Crippen molar-refractivity contribution in [2.45, 2.75) is 31.6 Å². The number of hydrogen-bond donors (Lipinski definition) is 2. The first-order chi connectivity index (χ1) is 9.34. The van der Waals surface area contributed by atoms with E-state index in [2.05, 4.69) is 0 Å². The van der Waals surface area contributed by atoms with E-state index in [9.17, 15) is 19.5 Å². The molecule has 0 aromatic heterocycles. The van der Waals surface area contributed by atoms with Crippen LogP contribution < -0.4 is 0 Å². The quantitative estimate of drug-likeness (QED) is 0.718. The molecule has 2 atom stereocenters. The van der Waals surface area contributed by atoms with Crippen molar-refractivity contribution in [1.29, 1.82) is 0 Å². The van der Waals surface area contributed by atoms with Crippen molar-refractivity contribution in [3.63, 3.8) is 0 Å². The molecule has 112 valence electrons. The van der Waals surface area contributed by atoms with E-state index in [1.165, 1.54) is 6.92 Å². The molecule has 2 aliphatic heterocycles. The highest BCUT2D eigenvalue weighted by atomic mass is 16.7. The summed E-state index contributed by atoms with van der Waals surface area (Å²) >= 11 is 0. The Labute approximate surface area is 115 Å². The summed E-state index contributed by atoms with van der Waals surface area (Å²) in [6.07, 6.45) is -0.274. The summed E-state index contributed by atoms with van der Waals surface area (Å²) in [7, 11) is 0. The number of aliphatic carboxylic acids is 2. The Morgan fingerprint density at radius 1 is 1.30 bits per heavy atom. The number of hydrogen-bond acceptors (Lipinski definition) is 5. The predicted octanol–water partition coefficient (Wildman–Crippen LogP) is -0.474. The minimum absolute atomic E-state index is 0.0206. The van der Waals surface area contributed by atoms with Crippen molar-refractivity contribution in [3.8, 4) is 0 Å². The third-order valence-electron chi connectivity index (χ3n) is 3.58. The fourth-order valence-electron chi connectivity index (χ4n) is 2.63. The molecule has 1 amide bonds. The van der Waals surface area contributed by atoms with Crippen LogP contribution in [0.1, 0.15) is 19.8 Å². The summed E-state index contributed by atoms with van der Waals surface area (Å²) in [4.78, 5) is 35.3. The molecule has 0 aromatic rings. The van der Waals surface area contributed by atoms with E-state index in [0.29, 0.717) is 13.2 Å². The first kappa shape index (κ1) is 14.7. The molecule has 8 heteroatoms. The topological polar surface area (TPSA) is 113 Å². The van der Waals surface area contributed by atoms with E-state index in [1.54, 1.807) is 0 Å². The molecule has 0 unspecified atom stereocenters. The molecule has 0 aliphatic carbocycles. The molecule has 2 saturated heterocycles. The van der Waals surface area contributed by atoms with Gasteiger partial charge >= 0.3 is 11.9 Å². The van der Waals surface area contributed by atoms with Crippen molar-refractivity contribution < 1.29 is 34.1 Å². The van der Waals surface area contributed by atoms with Crippen LogP contribution in [0.25, 0.3) is 0 Å².